The van der Waals surface area contributed by atoms with E-state index in [0.717, 1.165) is 11.1 Å². The van der Waals surface area contributed by atoms with Crippen molar-refractivity contribution in [1.29, 1.82) is 0 Å². The van der Waals surface area contributed by atoms with Crippen LogP contribution in [0.15, 0.2) is 42.5 Å². The highest BCUT2D eigenvalue weighted by Crippen LogP contribution is 2.21. The summed E-state index contributed by atoms with van der Waals surface area (Å²) in [6.45, 7) is 1.87. The van der Waals surface area contributed by atoms with E-state index in [1.165, 1.54) is 5.39 Å². The highest BCUT2D eigenvalue weighted by atomic mass is 16.2. The molecule has 2 heteroatoms. The van der Waals surface area contributed by atoms with Crippen molar-refractivity contribution in [2.24, 2.45) is 0 Å². The van der Waals surface area contributed by atoms with Crippen LogP contribution in [0.2, 0.25) is 0 Å². The van der Waals surface area contributed by atoms with E-state index in [2.05, 4.69) is 12.1 Å². The van der Waals surface area contributed by atoms with Crippen LogP contribution in [-0.4, -0.2) is 13.0 Å². The van der Waals surface area contributed by atoms with Gasteiger partial charge in [-0.15, -0.1) is 0 Å². The number of benzene rings is 2. The second-order valence-electron chi connectivity index (χ2n) is 3.84. The topological polar surface area (TPSA) is 20.3 Å². The zero-order valence-corrected chi connectivity index (χ0v) is 9.60. The Morgan fingerprint density at radius 1 is 1.12 bits per heavy atom. The van der Waals surface area contributed by atoms with Crippen molar-refractivity contribution in [3.05, 3.63) is 42.5 Å². The highest BCUT2D eigenvalue weighted by Gasteiger charge is 2.08. The maximum Gasteiger partial charge on any atom is 0.226 e. The Morgan fingerprint density at radius 2 is 1.81 bits per heavy atom. The molecule has 2 nitrogen and oxygen atoms in total. The molecule has 16 heavy (non-hydrogen) atoms. The molecule has 0 aromatic heterocycles. The average molecular weight is 213 g/mol. The summed E-state index contributed by atoms with van der Waals surface area (Å²) in [4.78, 5) is 13.3. The van der Waals surface area contributed by atoms with Crippen LogP contribution in [0.1, 0.15) is 13.3 Å². The Labute approximate surface area is 95.5 Å². The van der Waals surface area contributed by atoms with Crippen LogP contribution in [0.5, 0.6) is 0 Å². The molecule has 0 atom stereocenters. The molecule has 0 bridgehead atoms. The van der Waals surface area contributed by atoms with Gasteiger partial charge < -0.3 is 4.90 Å². The zero-order chi connectivity index (χ0) is 11.5. The van der Waals surface area contributed by atoms with Crippen molar-refractivity contribution >= 4 is 22.4 Å². The molecule has 1 amide bonds. The van der Waals surface area contributed by atoms with E-state index >= 15 is 0 Å². The van der Waals surface area contributed by atoms with Gasteiger partial charge in [0.05, 0.1) is 0 Å². The summed E-state index contributed by atoms with van der Waals surface area (Å²) in [5.41, 5.74) is 0.950. The number of carbonyl (C=O) groups is 1. The van der Waals surface area contributed by atoms with Gasteiger partial charge in [-0.05, 0) is 22.9 Å². The summed E-state index contributed by atoms with van der Waals surface area (Å²) in [5.74, 6) is 0.135. The summed E-state index contributed by atoms with van der Waals surface area (Å²) >= 11 is 0. The van der Waals surface area contributed by atoms with Gasteiger partial charge in [0.15, 0.2) is 0 Å². The van der Waals surface area contributed by atoms with Gasteiger partial charge in [-0.2, -0.15) is 0 Å². The summed E-state index contributed by atoms with van der Waals surface area (Å²) in [6, 6.07) is 14.2. The molecule has 2 aromatic rings. The normalized spacial score (nSPS) is 10.4. The Kier molecular flexibility index (Phi) is 2.91. The van der Waals surface area contributed by atoms with Crippen LogP contribution in [0.3, 0.4) is 0 Å². The Morgan fingerprint density at radius 3 is 2.50 bits per heavy atom. The predicted molar refractivity (Wildman–Crippen MR) is 67.6 cm³/mol. The first-order valence-corrected chi connectivity index (χ1v) is 5.47. The van der Waals surface area contributed by atoms with Crippen molar-refractivity contribution in [1.82, 2.24) is 0 Å². The second kappa shape index (κ2) is 4.35. The van der Waals surface area contributed by atoms with Crippen LogP contribution in [0.25, 0.3) is 10.8 Å². The lowest BCUT2D eigenvalue weighted by molar-refractivity contribution is -0.118. The molecule has 0 heterocycles. The van der Waals surface area contributed by atoms with Gasteiger partial charge in [-0.25, -0.2) is 0 Å². The molecule has 2 rings (SSSR count). The first-order chi connectivity index (χ1) is 7.72. The fourth-order valence-electron chi connectivity index (χ4n) is 1.77. The first kappa shape index (κ1) is 10.7. The third kappa shape index (κ3) is 1.91. The van der Waals surface area contributed by atoms with E-state index < -0.39 is 0 Å². The number of nitrogens with zero attached hydrogens (tertiary/aromatic N) is 1. The van der Waals surface area contributed by atoms with Gasteiger partial charge in [0.25, 0.3) is 0 Å². The average Bonchev–Trinajstić information content (AvgIpc) is 2.36. The molecule has 2 aromatic carbocycles. The highest BCUT2D eigenvalue weighted by molar-refractivity contribution is 5.95. The lowest BCUT2D eigenvalue weighted by atomic mass is 10.1. The van der Waals surface area contributed by atoms with Crippen molar-refractivity contribution in [2.75, 3.05) is 11.9 Å². The van der Waals surface area contributed by atoms with Gasteiger partial charge in [0.2, 0.25) is 5.91 Å². The van der Waals surface area contributed by atoms with E-state index in [1.54, 1.807) is 4.90 Å². The quantitative estimate of drug-likeness (QED) is 0.750. The van der Waals surface area contributed by atoms with E-state index in [1.807, 2.05) is 44.3 Å². The van der Waals surface area contributed by atoms with Crippen LogP contribution in [-0.2, 0) is 4.79 Å². The van der Waals surface area contributed by atoms with E-state index in [4.69, 9.17) is 0 Å². The van der Waals surface area contributed by atoms with Gasteiger partial charge in [-0.3, -0.25) is 4.79 Å². The molecule has 0 unspecified atom stereocenters. The largest absolute Gasteiger partial charge is 0.315 e. The summed E-state index contributed by atoms with van der Waals surface area (Å²) < 4.78 is 0. The Bertz CT molecular complexity index is 519. The number of amides is 1. The van der Waals surface area contributed by atoms with Gasteiger partial charge in [-0.1, -0.05) is 37.3 Å². The molecule has 0 N–H and O–H groups in total. The molecule has 82 valence electrons. The lowest BCUT2D eigenvalue weighted by Gasteiger charge is -2.16. The molecule has 0 aliphatic carbocycles. The molecule has 0 spiro atoms. The fourth-order valence-corrected chi connectivity index (χ4v) is 1.77. The third-order valence-electron chi connectivity index (χ3n) is 2.80. The van der Waals surface area contributed by atoms with Gasteiger partial charge in [0.1, 0.15) is 0 Å². The van der Waals surface area contributed by atoms with Crippen molar-refractivity contribution in [2.45, 2.75) is 13.3 Å². The summed E-state index contributed by atoms with van der Waals surface area (Å²) in [5, 5.41) is 2.36. The number of anilines is 1. The van der Waals surface area contributed by atoms with Gasteiger partial charge >= 0.3 is 0 Å². The number of hydrogen-bond donors (Lipinski definition) is 0. The standard InChI is InChI=1S/C14H15NO/c1-3-14(16)15(2)13-9-8-11-6-4-5-7-12(11)10-13/h4-10H,3H2,1-2H3. The third-order valence-corrected chi connectivity index (χ3v) is 2.80. The predicted octanol–water partition coefficient (Wildman–Crippen LogP) is 3.21. The number of fused-ring (bicyclic) bond motifs is 1. The van der Waals surface area contributed by atoms with Crippen molar-refractivity contribution in [3.63, 3.8) is 0 Å². The molecule has 0 fully saturated rings. The molecular weight excluding hydrogens is 198 g/mol. The fraction of sp³-hybridized carbons (Fsp3) is 0.214. The van der Waals surface area contributed by atoms with Crippen LogP contribution in [0.4, 0.5) is 5.69 Å². The SMILES string of the molecule is CCC(=O)N(C)c1ccc2ccccc2c1. The Hall–Kier alpha value is -1.83. The lowest BCUT2D eigenvalue weighted by Crippen LogP contribution is -2.24. The van der Waals surface area contributed by atoms with E-state index in [9.17, 15) is 4.79 Å². The van der Waals surface area contributed by atoms with Gasteiger partial charge in [0, 0.05) is 19.2 Å². The monoisotopic (exact) mass is 213 g/mol. The smallest absolute Gasteiger partial charge is 0.226 e. The summed E-state index contributed by atoms with van der Waals surface area (Å²) in [6.07, 6.45) is 0.531. The second-order valence-corrected chi connectivity index (χ2v) is 3.84. The van der Waals surface area contributed by atoms with Crippen LogP contribution < -0.4 is 4.90 Å². The molecule has 0 aliphatic heterocycles. The summed E-state index contributed by atoms with van der Waals surface area (Å²) in [7, 11) is 1.82. The molecule has 0 saturated carbocycles. The molecule has 0 aliphatic rings. The number of hydrogen-bond acceptors (Lipinski definition) is 1. The van der Waals surface area contributed by atoms with E-state index in [0.29, 0.717) is 6.42 Å². The zero-order valence-electron chi connectivity index (χ0n) is 9.60. The number of rotatable bonds is 2. The molecule has 0 saturated heterocycles. The maximum atomic E-state index is 11.6. The number of carbonyl (C=O) groups excluding carboxylic acids is 1. The van der Waals surface area contributed by atoms with Crippen molar-refractivity contribution < 1.29 is 4.79 Å². The Balaban J connectivity index is 2.43. The first-order valence-electron chi connectivity index (χ1n) is 5.47. The minimum absolute atomic E-state index is 0.135. The molecule has 0 radical (unpaired) electrons. The van der Waals surface area contributed by atoms with Crippen LogP contribution in [0, 0.1) is 0 Å². The van der Waals surface area contributed by atoms with E-state index in [-0.39, 0.29) is 5.91 Å². The maximum absolute atomic E-state index is 11.6. The molecular formula is C14H15NO. The minimum Gasteiger partial charge on any atom is -0.315 e. The minimum atomic E-state index is 0.135. The van der Waals surface area contributed by atoms with Crippen molar-refractivity contribution in [3.8, 4) is 0 Å². The van der Waals surface area contributed by atoms with Crippen LogP contribution >= 0.6 is 0 Å².